The monoisotopic (exact) mass is 244 g/mol. The summed E-state index contributed by atoms with van der Waals surface area (Å²) in [6.45, 7) is 0.464. The number of nitrogens with one attached hydrogen (secondary N) is 1. The first-order valence-corrected chi connectivity index (χ1v) is 5.01. The van der Waals surface area contributed by atoms with Crippen molar-refractivity contribution in [2.75, 3.05) is 5.32 Å². The zero-order valence-electron chi connectivity index (χ0n) is 9.16. The maximum absolute atomic E-state index is 10.6. The van der Waals surface area contributed by atoms with Crippen LogP contribution in [0.2, 0.25) is 0 Å². The van der Waals surface area contributed by atoms with E-state index < -0.39 is 4.92 Å². The van der Waals surface area contributed by atoms with Crippen molar-refractivity contribution in [1.82, 2.24) is 4.98 Å². The van der Waals surface area contributed by atoms with Gasteiger partial charge in [0.05, 0.1) is 17.4 Å². The van der Waals surface area contributed by atoms with Crippen LogP contribution < -0.4 is 5.32 Å². The lowest BCUT2D eigenvalue weighted by molar-refractivity contribution is -0.385. The number of nitro groups is 1. The molecule has 0 fully saturated rings. The van der Waals surface area contributed by atoms with Gasteiger partial charge in [0.15, 0.2) is 0 Å². The molecule has 0 radical (unpaired) electrons. The van der Waals surface area contributed by atoms with E-state index in [4.69, 9.17) is 9.68 Å². The summed E-state index contributed by atoms with van der Waals surface area (Å²) in [7, 11) is 0. The summed E-state index contributed by atoms with van der Waals surface area (Å²) in [6.07, 6.45) is 3.12. The molecule has 0 spiro atoms. The van der Waals surface area contributed by atoms with Gasteiger partial charge in [0.1, 0.15) is 11.9 Å². The average Bonchev–Trinajstić information content (AvgIpc) is 2.88. The van der Waals surface area contributed by atoms with E-state index in [9.17, 15) is 10.1 Å². The second kappa shape index (κ2) is 4.97. The smallest absolute Gasteiger partial charge is 0.305 e. The van der Waals surface area contributed by atoms with Gasteiger partial charge < -0.3 is 9.73 Å². The van der Waals surface area contributed by atoms with Crippen molar-refractivity contribution in [3.63, 3.8) is 0 Å². The van der Waals surface area contributed by atoms with E-state index in [2.05, 4.69) is 10.3 Å². The largest absolute Gasteiger partial charge is 0.472 e. The first kappa shape index (κ1) is 11.6. The third kappa shape index (κ3) is 2.44. The van der Waals surface area contributed by atoms with Gasteiger partial charge in [-0.3, -0.25) is 10.1 Å². The summed E-state index contributed by atoms with van der Waals surface area (Å²) in [5.74, 6) is 0.401. The number of rotatable bonds is 4. The lowest BCUT2D eigenvalue weighted by Gasteiger charge is -2.03. The van der Waals surface area contributed by atoms with Crippen LogP contribution in [-0.4, -0.2) is 9.91 Å². The Morgan fingerprint density at radius 1 is 1.50 bits per heavy atom. The quantitative estimate of drug-likeness (QED) is 0.651. The minimum Gasteiger partial charge on any atom is -0.472 e. The van der Waals surface area contributed by atoms with E-state index in [1.54, 1.807) is 24.7 Å². The minimum atomic E-state index is -0.634. The fourth-order valence-electron chi connectivity index (χ4n) is 1.37. The summed E-state index contributed by atoms with van der Waals surface area (Å²) in [6, 6.07) is 6.19. The Kier molecular flexibility index (Phi) is 3.20. The fourth-order valence-corrected chi connectivity index (χ4v) is 1.37. The number of nitriles is 1. The molecule has 2 aromatic rings. The number of hydrogen-bond acceptors (Lipinski definition) is 6. The third-order valence-electron chi connectivity index (χ3n) is 2.23. The van der Waals surface area contributed by atoms with E-state index in [1.165, 1.54) is 12.1 Å². The van der Waals surface area contributed by atoms with Gasteiger partial charge in [0.2, 0.25) is 5.69 Å². The molecule has 0 aliphatic heterocycles. The van der Waals surface area contributed by atoms with Crippen LogP contribution in [-0.2, 0) is 6.54 Å². The number of hydrogen-bond donors (Lipinski definition) is 1. The molecular weight excluding hydrogens is 236 g/mol. The van der Waals surface area contributed by atoms with Crippen LogP contribution in [0.25, 0.3) is 0 Å². The Morgan fingerprint density at radius 2 is 2.33 bits per heavy atom. The molecule has 0 aliphatic carbocycles. The van der Waals surface area contributed by atoms with Crippen molar-refractivity contribution in [3.8, 4) is 6.07 Å². The van der Waals surface area contributed by atoms with E-state index in [0.717, 1.165) is 5.56 Å². The predicted molar refractivity (Wildman–Crippen MR) is 61.6 cm³/mol. The topological polar surface area (TPSA) is 105 Å². The molecule has 2 aromatic heterocycles. The predicted octanol–water partition coefficient (Wildman–Crippen LogP) is 2.07. The Labute approximate surface area is 102 Å². The van der Waals surface area contributed by atoms with Gasteiger partial charge in [-0.1, -0.05) is 0 Å². The Hall–Kier alpha value is -2.88. The van der Waals surface area contributed by atoms with E-state index in [0.29, 0.717) is 12.4 Å². The first-order valence-electron chi connectivity index (χ1n) is 5.01. The Bertz CT molecular complexity index is 601. The van der Waals surface area contributed by atoms with Gasteiger partial charge in [0.25, 0.3) is 0 Å². The van der Waals surface area contributed by atoms with Gasteiger partial charge in [-0.15, -0.1) is 0 Å². The van der Waals surface area contributed by atoms with Gasteiger partial charge >= 0.3 is 5.69 Å². The fraction of sp³-hybridized carbons (Fsp3) is 0.0909. The number of furan rings is 1. The summed E-state index contributed by atoms with van der Waals surface area (Å²) >= 11 is 0. The summed E-state index contributed by atoms with van der Waals surface area (Å²) < 4.78 is 4.90. The Balaban J connectivity index is 2.15. The SMILES string of the molecule is N#Cc1nc(NCc2ccoc2)ccc1[N+](=O)[O-]. The third-order valence-corrected chi connectivity index (χ3v) is 2.23. The highest BCUT2D eigenvalue weighted by Crippen LogP contribution is 2.18. The maximum Gasteiger partial charge on any atom is 0.305 e. The van der Waals surface area contributed by atoms with Crippen molar-refractivity contribution in [2.24, 2.45) is 0 Å². The van der Waals surface area contributed by atoms with E-state index >= 15 is 0 Å². The van der Waals surface area contributed by atoms with Crippen LogP contribution in [0.5, 0.6) is 0 Å². The van der Waals surface area contributed by atoms with Crippen LogP contribution >= 0.6 is 0 Å². The second-order valence-corrected chi connectivity index (χ2v) is 3.42. The van der Waals surface area contributed by atoms with Crippen LogP contribution in [0.1, 0.15) is 11.3 Å². The van der Waals surface area contributed by atoms with Crippen LogP contribution in [0.3, 0.4) is 0 Å². The molecule has 0 amide bonds. The normalized spacial score (nSPS) is 9.72. The molecule has 0 saturated carbocycles. The highest BCUT2D eigenvalue weighted by atomic mass is 16.6. The van der Waals surface area contributed by atoms with Crippen LogP contribution in [0, 0.1) is 21.4 Å². The lowest BCUT2D eigenvalue weighted by atomic mass is 10.3. The molecule has 0 unspecified atom stereocenters. The zero-order valence-corrected chi connectivity index (χ0v) is 9.16. The van der Waals surface area contributed by atoms with E-state index in [1.807, 2.05) is 0 Å². The molecule has 2 heterocycles. The maximum atomic E-state index is 10.6. The number of aromatic nitrogens is 1. The van der Waals surface area contributed by atoms with Crippen molar-refractivity contribution in [2.45, 2.75) is 6.54 Å². The average molecular weight is 244 g/mol. The van der Waals surface area contributed by atoms with Crippen molar-refractivity contribution < 1.29 is 9.34 Å². The molecule has 18 heavy (non-hydrogen) atoms. The van der Waals surface area contributed by atoms with E-state index in [-0.39, 0.29) is 11.4 Å². The Morgan fingerprint density at radius 3 is 2.94 bits per heavy atom. The molecule has 7 heteroatoms. The zero-order chi connectivity index (χ0) is 13.0. The molecule has 0 bridgehead atoms. The molecule has 0 aromatic carbocycles. The summed E-state index contributed by atoms with van der Waals surface area (Å²) in [5, 5.41) is 22.3. The van der Waals surface area contributed by atoms with Gasteiger partial charge in [-0.25, -0.2) is 4.98 Å². The highest BCUT2D eigenvalue weighted by Gasteiger charge is 2.15. The minimum absolute atomic E-state index is 0.211. The molecule has 1 N–H and O–H groups in total. The molecule has 2 rings (SSSR count). The number of anilines is 1. The van der Waals surface area contributed by atoms with Crippen LogP contribution in [0.15, 0.2) is 35.1 Å². The second-order valence-electron chi connectivity index (χ2n) is 3.42. The number of pyridine rings is 1. The molecule has 0 atom stereocenters. The van der Waals surface area contributed by atoms with Gasteiger partial charge in [0, 0.05) is 18.2 Å². The van der Waals surface area contributed by atoms with Crippen LogP contribution in [0.4, 0.5) is 11.5 Å². The highest BCUT2D eigenvalue weighted by molar-refractivity contribution is 5.50. The molecule has 90 valence electrons. The van der Waals surface area contributed by atoms with Crippen molar-refractivity contribution >= 4 is 11.5 Å². The van der Waals surface area contributed by atoms with Gasteiger partial charge in [-0.05, 0) is 12.1 Å². The molecule has 0 saturated heterocycles. The molecule has 0 aliphatic rings. The molecular formula is C11H8N4O3. The van der Waals surface area contributed by atoms with Crippen molar-refractivity contribution in [3.05, 3.63) is 52.1 Å². The lowest BCUT2D eigenvalue weighted by Crippen LogP contribution is -2.03. The standard InChI is InChI=1S/C11H8N4O3/c12-5-9-10(15(16)17)1-2-11(14-9)13-6-8-3-4-18-7-8/h1-4,7H,6H2,(H,13,14). The number of nitrogens with zero attached hydrogens (tertiary/aromatic N) is 3. The van der Waals surface area contributed by atoms with Crippen molar-refractivity contribution in [1.29, 1.82) is 5.26 Å². The summed E-state index contributed by atoms with van der Waals surface area (Å²) in [4.78, 5) is 13.9. The first-order chi connectivity index (χ1) is 8.70. The summed E-state index contributed by atoms with van der Waals surface area (Å²) in [5.41, 5.74) is 0.400. The van der Waals surface area contributed by atoms with Gasteiger partial charge in [-0.2, -0.15) is 5.26 Å². The molecule has 7 nitrogen and oxygen atoms in total.